The number of nitrogens with one attached hydrogen (secondary N) is 2. The molecule has 0 spiro atoms. The van der Waals surface area contributed by atoms with E-state index in [4.69, 9.17) is 5.73 Å². The summed E-state index contributed by atoms with van der Waals surface area (Å²) in [4.78, 5) is 24.7. The molecule has 1 aromatic rings. The highest BCUT2D eigenvalue weighted by atomic mass is 16.2. The van der Waals surface area contributed by atoms with Crippen molar-refractivity contribution in [3.05, 3.63) is 29.8 Å². The highest BCUT2D eigenvalue weighted by Gasteiger charge is 2.28. The van der Waals surface area contributed by atoms with E-state index in [0.717, 1.165) is 12.8 Å². The van der Waals surface area contributed by atoms with Crippen LogP contribution in [0.2, 0.25) is 0 Å². The number of para-hydroxylation sites is 1. The summed E-state index contributed by atoms with van der Waals surface area (Å²) in [5, 5.41) is 5.80. The van der Waals surface area contributed by atoms with Crippen LogP contribution >= 0.6 is 0 Å². The molecule has 0 aliphatic heterocycles. The van der Waals surface area contributed by atoms with E-state index < -0.39 is 0 Å². The van der Waals surface area contributed by atoms with E-state index >= 15 is 0 Å². The van der Waals surface area contributed by atoms with Crippen LogP contribution in [-0.2, 0) is 4.79 Å². The molecule has 2 amide bonds. The van der Waals surface area contributed by atoms with Crippen LogP contribution in [-0.4, -0.2) is 23.4 Å². The Morgan fingerprint density at radius 1 is 1.18 bits per heavy atom. The second-order valence-electron chi connectivity index (χ2n) is 7.01. The molecule has 5 nitrogen and oxygen atoms in total. The van der Waals surface area contributed by atoms with Crippen LogP contribution in [0.15, 0.2) is 24.3 Å². The van der Waals surface area contributed by atoms with Gasteiger partial charge in [0.15, 0.2) is 0 Å². The normalized spacial score (nSPS) is 21.5. The minimum atomic E-state index is -0.327. The fraction of sp³-hybridized carbons (Fsp3) is 0.529. The van der Waals surface area contributed by atoms with Gasteiger partial charge in [-0.15, -0.1) is 0 Å². The van der Waals surface area contributed by atoms with Crippen molar-refractivity contribution >= 4 is 17.5 Å². The van der Waals surface area contributed by atoms with Crippen molar-refractivity contribution in [2.75, 3.05) is 5.32 Å². The lowest BCUT2D eigenvalue weighted by atomic mass is 10.0. The highest BCUT2D eigenvalue weighted by Crippen LogP contribution is 2.26. The van der Waals surface area contributed by atoms with E-state index in [0.29, 0.717) is 17.7 Å². The first-order valence-electron chi connectivity index (χ1n) is 7.74. The zero-order chi connectivity index (χ0) is 16.3. The largest absolute Gasteiger partial charge is 0.347 e. The Balaban J connectivity index is 2.11. The quantitative estimate of drug-likeness (QED) is 0.801. The first kappa shape index (κ1) is 16.5. The fourth-order valence-corrected chi connectivity index (χ4v) is 2.69. The van der Waals surface area contributed by atoms with Crippen LogP contribution in [0.3, 0.4) is 0 Å². The number of rotatable bonds is 3. The van der Waals surface area contributed by atoms with E-state index in [2.05, 4.69) is 10.6 Å². The molecule has 2 unspecified atom stereocenters. The van der Waals surface area contributed by atoms with Gasteiger partial charge in [0.2, 0.25) is 5.91 Å². The summed E-state index contributed by atoms with van der Waals surface area (Å²) < 4.78 is 0. The molecule has 0 heterocycles. The molecule has 120 valence electrons. The van der Waals surface area contributed by atoms with Gasteiger partial charge in [0.25, 0.3) is 5.91 Å². The maximum Gasteiger partial charge on any atom is 0.253 e. The van der Waals surface area contributed by atoms with E-state index in [-0.39, 0.29) is 29.3 Å². The number of hydrogen-bond donors (Lipinski definition) is 3. The van der Waals surface area contributed by atoms with Gasteiger partial charge in [0, 0.05) is 17.5 Å². The molecule has 0 aromatic heterocycles. The zero-order valence-corrected chi connectivity index (χ0v) is 13.5. The average Bonchev–Trinajstić information content (AvgIpc) is 2.84. The number of nitrogens with two attached hydrogens (primary N) is 1. The molecule has 1 aliphatic carbocycles. The van der Waals surface area contributed by atoms with Gasteiger partial charge in [0.05, 0.1) is 11.3 Å². The Kier molecular flexibility index (Phi) is 4.86. The summed E-state index contributed by atoms with van der Waals surface area (Å²) in [5.74, 6) is -0.302. The number of carbonyl (C=O) groups excluding carboxylic acids is 2. The molecule has 1 aromatic carbocycles. The Morgan fingerprint density at radius 2 is 1.86 bits per heavy atom. The molecule has 1 fully saturated rings. The number of benzene rings is 1. The minimum Gasteiger partial charge on any atom is -0.347 e. The van der Waals surface area contributed by atoms with Gasteiger partial charge in [-0.3, -0.25) is 9.59 Å². The third-order valence-corrected chi connectivity index (χ3v) is 3.76. The Hall–Kier alpha value is -1.88. The fourth-order valence-electron chi connectivity index (χ4n) is 2.69. The molecule has 2 atom stereocenters. The van der Waals surface area contributed by atoms with Gasteiger partial charge in [0.1, 0.15) is 0 Å². The van der Waals surface area contributed by atoms with Crippen LogP contribution in [0.1, 0.15) is 50.4 Å². The van der Waals surface area contributed by atoms with E-state index in [9.17, 15) is 9.59 Å². The number of amides is 2. The Bertz CT molecular complexity index is 563. The third-order valence-electron chi connectivity index (χ3n) is 3.76. The smallest absolute Gasteiger partial charge is 0.253 e. The van der Waals surface area contributed by atoms with Crippen LogP contribution in [0, 0.1) is 5.92 Å². The molecule has 5 heteroatoms. The van der Waals surface area contributed by atoms with Crippen LogP contribution in [0.4, 0.5) is 5.69 Å². The maximum absolute atomic E-state index is 12.4. The molecule has 22 heavy (non-hydrogen) atoms. The van der Waals surface area contributed by atoms with Crippen LogP contribution in [0.25, 0.3) is 0 Å². The average molecular weight is 303 g/mol. The molecule has 1 aliphatic rings. The lowest BCUT2D eigenvalue weighted by Crippen LogP contribution is -2.41. The summed E-state index contributed by atoms with van der Waals surface area (Å²) in [6.07, 6.45) is 2.40. The molecule has 1 saturated carbocycles. The first-order chi connectivity index (χ1) is 10.3. The van der Waals surface area contributed by atoms with Gasteiger partial charge in [-0.05, 0) is 52.2 Å². The van der Waals surface area contributed by atoms with Crippen molar-refractivity contribution in [2.45, 2.75) is 51.6 Å². The van der Waals surface area contributed by atoms with E-state index in [1.54, 1.807) is 18.2 Å². The topological polar surface area (TPSA) is 84.2 Å². The summed E-state index contributed by atoms with van der Waals surface area (Å²) >= 11 is 0. The van der Waals surface area contributed by atoms with Crippen molar-refractivity contribution in [1.82, 2.24) is 5.32 Å². The Morgan fingerprint density at radius 3 is 2.45 bits per heavy atom. The standard InChI is InChI=1S/C17H25N3O2/c1-17(2,3)20-16(22)13-6-4-5-7-14(13)19-15(21)11-8-9-12(18)10-11/h4-7,11-12H,8-10,18H2,1-3H3,(H,19,21)(H,20,22). The molecule has 0 saturated heterocycles. The Labute approximate surface area is 131 Å². The zero-order valence-electron chi connectivity index (χ0n) is 13.5. The SMILES string of the molecule is CC(C)(C)NC(=O)c1ccccc1NC(=O)C1CCC(N)C1. The third kappa shape index (κ3) is 4.31. The summed E-state index contributed by atoms with van der Waals surface area (Å²) in [7, 11) is 0. The van der Waals surface area contributed by atoms with Crippen molar-refractivity contribution in [2.24, 2.45) is 11.7 Å². The van der Waals surface area contributed by atoms with Gasteiger partial charge < -0.3 is 16.4 Å². The molecular weight excluding hydrogens is 278 g/mol. The number of anilines is 1. The van der Waals surface area contributed by atoms with E-state index in [1.165, 1.54) is 0 Å². The molecule has 0 radical (unpaired) electrons. The van der Waals surface area contributed by atoms with Gasteiger partial charge >= 0.3 is 0 Å². The van der Waals surface area contributed by atoms with Crippen molar-refractivity contribution in [3.8, 4) is 0 Å². The number of carbonyl (C=O) groups is 2. The molecule has 0 bridgehead atoms. The monoisotopic (exact) mass is 303 g/mol. The van der Waals surface area contributed by atoms with Gasteiger partial charge in [-0.25, -0.2) is 0 Å². The molecular formula is C17H25N3O2. The van der Waals surface area contributed by atoms with Crippen molar-refractivity contribution < 1.29 is 9.59 Å². The van der Waals surface area contributed by atoms with Gasteiger partial charge in [-0.2, -0.15) is 0 Å². The predicted molar refractivity (Wildman–Crippen MR) is 87.6 cm³/mol. The lowest BCUT2D eigenvalue weighted by Gasteiger charge is -2.22. The maximum atomic E-state index is 12.4. The van der Waals surface area contributed by atoms with Crippen LogP contribution in [0.5, 0.6) is 0 Å². The molecule has 2 rings (SSSR count). The lowest BCUT2D eigenvalue weighted by molar-refractivity contribution is -0.119. The molecule has 4 N–H and O–H groups in total. The highest BCUT2D eigenvalue weighted by molar-refractivity contribution is 6.04. The minimum absolute atomic E-state index is 0.0519. The van der Waals surface area contributed by atoms with Gasteiger partial charge in [-0.1, -0.05) is 12.1 Å². The summed E-state index contributed by atoms with van der Waals surface area (Å²) in [6, 6.07) is 7.18. The second-order valence-corrected chi connectivity index (χ2v) is 7.01. The number of hydrogen-bond acceptors (Lipinski definition) is 3. The van der Waals surface area contributed by atoms with Crippen molar-refractivity contribution in [1.29, 1.82) is 0 Å². The van der Waals surface area contributed by atoms with E-state index in [1.807, 2.05) is 26.8 Å². The predicted octanol–water partition coefficient (Wildman–Crippen LogP) is 2.28. The van der Waals surface area contributed by atoms with Crippen molar-refractivity contribution in [3.63, 3.8) is 0 Å². The second kappa shape index (κ2) is 6.48. The summed E-state index contributed by atoms with van der Waals surface area (Å²) in [5.41, 5.74) is 6.56. The van der Waals surface area contributed by atoms with Crippen LogP contribution < -0.4 is 16.4 Å². The summed E-state index contributed by atoms with van der Waals surface area (Å²) in [6.45, 7) is 5.77. The first-order valence-corrected chi connectivity index (χ1v) is 7.74.